The maximum Gasteiger partial charge on any atom is 0.341 e. The molecule has 0 aliphatic heterocycles. The summed E-state index contributed by atoms with van der Waals surface area (Å²) < 4.78 is 34.5. The number of unbranched alkanes of at least 4 members (excludes halogenated alkanes) is 1. The average Bonchev–Trinajstić information content (AvgIpc) is 1.63. The molecule has 488 valence electrons. The van der Waals surface area contributed by atoms with Crippen LogP contribution in [0.5, 0.6) is 0 Å². The van der Waals surface area contributed by atoms with Crippen LogP contribution in [0.2, 0.25) is 0 Å². The molecule has 6 aromatic rings. The molecule has 0 unspecified atom stereocenters. The monoisotopic (exact) mass is 1270 g/mol. The van der Waals surface area contributed by atoms with Gasteiger partial charge < -0.3 is 30.0 Å². The number of carboxylic acid groups (broad SMARTS) is 2. The number of rotatable bonds is 36. The molecule has 14 heteroatoms. The van der Waals surface area contributed by atoms with Crippen molar-refractivity contribution in [1.82, 2.24) is 9.13 Å². The Morgan fingerprint density at radius 3 is 1.22 bits per heavy atom. The maximum absolute atomic E-state index is 15.5. The zero-order chi connectivity index (χ0) is 66.6. The standard InChI is InChI=1S/C80H86F2N4O8/c1-3-5-7-9-11-12-16-22-28-35-58(36-30-24-18-15-20-26-32-38-76(88)84-62-45-41-60(42-46-62)66-54-74-68(52-72(66)82)78(90)70(80(93)94)56-86(74)64-49-50-64)57(33-27-21-10-8-6-4-2)34-29-23-17-13-14-19-25-31-37-75(87)83-61-43-39-59(40-44-61)65-53-73-67(51-71(65)81)77(89)69(79(91)92)55-85(73)63-47-48-63/h5-8,11-12,14,17-24,26-28,34,36,39-46,51-56,63-64H,3-4,9-10,13,15-16,25,29-33,35,37-38,47-50H2,1-2H3,(H,83,87)(H,84,88)(H,91,92)(H,93,94)/b7-5-,8-6-,12-11-,19-14-,23-17-,24-18-,26-20-,27-21-,28-22-,57-34+,58-36+. The van der Waals surface area contributed by atoms with Gasteiger partial charge in [0.25, 0.3) is 0 Å². The highest BCUT2D eigenvalue weighted by Crippen LogP contribution is 2.40. The SMILES string of the molecule is CC/C=C\C/C=C\C/C=C\CC(=C\C/C=C\C/C=C\CCC(=O)Nc1ccc(-c2cc3c(cc2F)c(=O)c(C(=O)O)cn3C2CC2)cc1)/C(=C/C/C=C\C/C=C\CCCC(=O)Nc1ccc(-c2cc3c(cc2F)c(=O)c(C(=O)O)cn3C2CC2)cc1)C/C=C\C/C=C\CC. The second-order valence-corrected chi connectivity index (χ2v) is 23.6. The molecular weight excluding hydrogens is 1180 g/mol. The van der Waals surface area contributed by atoms with Crippen LogP contribution in [-0.2, 0) is 9.59 Å². The number of aromatic carboxylic acids is 2. The summed E-state index contributed by atoms with van der Waals surface area (Å²) in [7, 11) is 0. The Balaban J connectivity index is 0.802. The Kier molecular flexibility index (Phi) is 27.1. The van der Waals surface area contributed by atoms with Gasteiger partial charge in [-0.05, 0) is 186 Å². The highest BCUT2D eigenvalue weighted by molar-refractivity contribution is 5.96. The molecule has 0 spiro atoms. The van der Waals surface area contributed by atoms with Gasteiger partial charge in [0.2, 0.25) is 22.7 Å². The summed E-state index contributed by atoms with van der Waals surface area (Å²) in [5.41, 5.74) is 4.20. The Labute approximate surface area is 549 Å². The molecule has 12 nitrogen and oxygen atoms in total. The molecule has 4 N–H and O–H groups in total. The van der Waals surface area contributed by atoms with Gasteiger partial charge in [-0.2, -0.15) is 0 Å². The molecule has 2 fully saturated rings. The summed E-state index contributed by atoms with van der Waals surface area (Å²) in [6.07, 6.45) is 61.9. The fourth-order valence-electron chi connectivity index (χ4n) is 11.0. The largest absolute Gasteiger partial charge is 0.477 e. The van der Waals surface area contributed by atoms with E-state index >= 15 is 8.78 Å². The van der Waals surface area contributed by atoms with E-state index in [4.69, 9.17) is 0 Å². The minimum atomic E-state index is -1.34. The van der Waals surface area contributed by atoms with Gasteiger partial charge in [-0.15, -0.1) is 0 Å². The van der Waals surface area contributed by atoms with Crippen molar-refractivity contribution >= 4 is 56.9 Å². The molecule has 0 atom stereocenters. The second-order valence-electron chi connectivity index (χ2n) is 23.6. The van der Waals surface area contributed by atoms with Gasteiger partial charge in [-0.3, -0.25) is 19.2 Å². The highest BCUT2D eigenvalue weighted by atomic mass is 19.1. The molecule has 94 heavy (non-hydrogen) atoms. The van der Waals surface area contributed by atoms with Crippen molar-refractivity contribution in [3.05, 3.63) is 261 Å². The molecule has 2 saturated carbocycles. The van der Waals surface area contributed by atoms with Gasteiger partial charge in [0, 0.05) is 70.6 Å². The van der Waals surface area contributed by atoms with Crippen molar-refractivity contribution in [1.29, 1.82) is 0 Å². The molecule has 0 saturated heterocycles. The van der Waals surface area contributed by atoms with E-state index in [9.17, 15) is 39.0 Å². The van der Waals surface area contributed by atoms with E-state index in [1.165, 1.54) is 23.5 Å². The number of halogens is 2. The Hall–Kier alpha value is -9.82. The third-order valence-electron chi connectivity index (χ3n) is 16.3. The third kappa shape index (κ3) is 21.1. The summed E-state index contributed by atoms with van der Waals surface area (Å²) >= 11 is 0. The number of fused-ring (bicyclic) bond motifs is 2. The second kappa shape index (κ2) is 36.4. The lowest BCUT2D eigenvalue weighted by Gasteiger charge is -2.14. The number of carbonyl (C=O) groups is 4. The molecule has 0 bridgehead atoms. The first-order valence-corrected chi connectivity index (χ1v) is 33.0. The van der Waals surface area contributed by atoms with E-state index in [1.54, 1.807) is 69.8 Å². The van der Waals surface area contributed by atoms with Crippen LogP contribution in [0, 0.1) is 11.6 Å². The smallest absolute Gasteiger partial charge is 0.341 e. The lowest BCUT2D eigenvalue weighted by Crippen LogP contribution is -2.19. The van der Waals surface area contributed by atoms with E-state index in [2.05, 4.69) is 140 Å². The molecule has 0 radical (unpaired) electrons. The van der Waals surface area contributed by atoms with Gasteiger partial charge in [-0.25, -0.2) is 18.4 Å². The van der Waals surface area contributed by atoms with Gasteiger partial charge in [-0.1, -0.05) is 160 Å². The van der Waals surface area contributed by atoms with Gasteiger partial charge in [0.15, 0.2) is 0 Å². The van der Waals surface area contributed by atoms with Crippen LogP contribution < -0.4 is 21.5 Å². The average molecular weight is 1270 g/mol. The zero-order valence-corrected chi connectivity index (χ0v) is 53.9. The van der Waals surface area contributed by atoms with Crippen LogP contribution in [0.4, 0.5) is 20.2 Å². The number of carboxylic acids is 2. The number of pyridine rings is 2. The van der Waals surface area contributed by atoms with Crippen LogP contribution in [0.25, 0.3) is 44.1 Å². The van der Waals surface area contributed by atoms with Gasteiger partial charge >= 0.3 is 11.9 Å². The molecule has 2 aliphatic rings. The quantitative estimate of drug-likeness (QED) is 0.0171. The van der Waals surface area contributed by atoms with Crippen LogP contribution in [0.15, 0.2) is 227 Å². The number of hydrogen-bond acceptors (Lipinski definition) is 6. The molecular formula is C80H86F2N4O8. The minimum absolute atomic E-state index is 0.0332. The Morgan fingerprint density at radius 2 is 0.830 bits per heavy atom. The Morgan fingerprint density at radius 1 is 0.468 bits per heavy atom. The normalized spacial score (nSPS) is 14.3. The van der Waals surface area contributed by atoms with Crippen LogP contribution >= 0.6 is 0 Å². The van der Waals surface area contributed by atoms with Crippen molar-refractivity contribution in [3.63, 3.8) is 0 Å². The number of benzene rings is 4. The highest BCUT2D eigenvalue weighted by Gasteiger charge is 2.29. The fraction of sp³-hybridized carbons (Fsp3) is 0.300. The lowest BCUT2D eigenvalue weighted by atomic mass is 9.96. The summed E-state index contributed by atoms with van der Waals surface area (Å²) in [5.74, 6) is -4.22. The number of allylic oxidation sites excluding steroid dienone is 22. The molecule has 2 heterocycles. The topological polar surface area (TPSA) is 177 Å². The number of aromatic nitrogens is 2. The van der Waals surface area contributed by atoms with E-state index in [1.807, 2.05) is 6.08 Å². The molecule has 4 aromatic carbocycles. The molecule has 8 rings (SSSR count). The first-order chi connectivity index (χ1) is 45.7. The first-order valence-electron chi connectivity index (χ1n) is 33.0. The van der Waals surface area contributed by atoms with Crippen LogP contribution in [0.1, 0.15) is 175 Å². The predicted octanol–water partition coefficient (Wildman–Crippen LogP) is 19.7. The van der Waals surface area contributed by atoms with Crippen molar-refractivity contribution < 1.29 is 38.2 Å². The number of amides is 2. The summed E-state index contributed by atoms with van der Waals surface area (Å²) in [6.45, 7) is 4.27. The van der Waals surface area contributed by atoms with E-state index in [0.717, 1.165) is 115 Å². The van der Waals surface area contributed by atoms with E-state index < -0.39 is 34.4 Å². The zero-order valence-electron chi connectivity index (χ0n) is 53.9. The fourth-order valence-corrected chi connectivity index (χ4v) is 11.0. The van der Waals surface area contributed by atoms with E-state index in [0.29, 0.717) is 52.8 Å². The summed E-state index contributed by atoms with van der Waals surface area (Å²) in [6, 6.07) is 19.3. The number of nitrogens with one attached hydrogen (secondary N) is 2. The number of carbonyl (C=O) groups excluding carboxylic acids is 2. The van der Waals surface area contributed by atoms with Gasteiger partial charge in [0.05, 0.1) is 11.0 Å². The van der Waals surface area contributed by atoms with Crippen molar-refractivity contribution in [2.45, 2.75) is 154 Å². The number of hydrogen-bond donors (Lipinski definition) is 4. The van der Waals surface area contributed by atoms with E-state index in [-0.39, 0.29) is 63.3 Å². The van der Waals surface area contributed by atoms with Crippen LogP contribution in [-0.4, -0.2) is 43.1 Å². The molecule has 2 aromatic heterocycles. The number of anilines is 2. The first kappa shape index (κ1) is 70.1. The number of nitrogens with zero attached hydrogens (tertiary/aromatic N) is 2. The van der Waals surface area contributed by atoms with Crippen molar-refractivity contribution in [2.24, 2.45) is 0 Å². The predicted molar refractivity (Wildman–Crippen MR) is 379 cm³/mol. The third-order valence-corrected chi connectivity index (χ3v) is 16.3. The Bertz CT molecular complexity index is 4120. The summed E-state index contributed by atoms with van der Waals surface area (Å²) in [4.78, 5) is 75.2. The lowest BCUT2D eigenvalue weighted by molar-refractivity contribution is -0.117. The van der Waals surface area contributed by atoms with Crippen LogP contribution in [0.3, 0.4) is 0 Å². The summed E-state index contributed by atoms with van der Waals surface area (Å²) in [5, 5.41) is 25.1. The van der Waals surface area contributed by atoms with Crippen molar-refractivity contribution in [2.75, 3.05) is 10.6 Å². The molecule has 2 aliphatic carbocycles. The maximum atomic E-state index is 15.5. The molecule has 2 amide bonds. The minimum Gasteiger partial charge on any atom is -0.477 e. The van der Waals surface area contributed by atoms with Gasteiger partial charge in [0.1, 0.15) is 22.8 Å². The van der Waals surface area contributed by atoms with Crippen molar-refractivity contribution in [3.8, 4) is 22.3 Å².